The Kier molecular flexibility index (Phi) is 7.05. The Morgan fingerprint density at radius 3 is 2.70 bits per heavy atom. The van der Waals surface area contributed by atoms with Gasteiger partial charge in [-0.3, -0.25) is 4.79 Å². The first-order valence-electron chi connectivity index (χ1n) is 11.1. The molecular weight excluding hydrogens is 437 g/mol. The molecule has 178 valence electrons. The molecule has 11 heteroatoms. The second-order valence-corrected chi connectivity index (χ2v) is 8.48. The third-order valence-electron chi connectivity index (χ3n) is 6.32. The first-order chi connectivity index (χ1) is 15.9. The summed E-state index contributed by atoms with van der Waals surface area (Å²) in [4.78, 5) is 24.7. The number of carbonyl (C=O) groups excluding carboxylic acids is 1. The Morgan fingerprint density at radius 1 is 1.27 bits per heavy atom. The summed E-state index contributed by atoms with van der Waals surface area (Å²) in [6.45, 7) is 8.95. The Hall–Kier alpha value is -2.84. The van der Waals surface area contributed by atoms with E-state index >= 15 is 0 Å². The number of carbonyl (C=O) groups is 1. The number of imidazole rings is 1. The zero-order chi connectivity index (χ0) is 23.5. The van der Waals surface area contributed by atoms with Gasteiger partial charge in [-0.15, -0.1) is 0 Å². The second kappa shape index (κ2) is 9.97. The molecule has 1 amide bonds. The number of piperidine rings is 1. The van der Waals surface area contributed by atoms with Crippen LogP contribution in [0.1, 0.15) is 19.3 Å². The minimum Gasteiger partial charge on any atom is -0.381 e. The number of hydrogen-bond acceptors (Lipinski definition) is 5. The van der Waals surface area contributed by atoms with Crippen LogP contribution in [0.5, 0.6) is 0 Å². The van der Waals surface area contributed by atoms with Crippen molar-refractivity contribution in [2.24, 2.45) is 5.73 Å². The maximum absolute atomic E-state index is 14.1. The van der Waals surface area contributed by atoms with Crippen molar-refractivity contribution in [1.82, 2.24) is 14.5 Å². The first-order valence-corrected chi connectivity index (χ1v) is 11.1. The van der Waals surface area contributed by atoms with E-state index in [1.807, 2.05) is 0 Å². The molecule has 8 nitrogen and oxygen atoms in total. The van der Waals surface area contributed by atoms with Gasteiger partial charge in [0.1, 0.15) is 12.7 Å². The third kappa shape index (κ3) is 4.91. The third-order valence-corrected chi connectivity index (χ3v) is 6.32. The van der Waals surface area contributed by atoms with Gasteiger partial charge in [-0.05, 0) is 19.3 Å². The average Bonchev–Trinajstić information content (AvgIpc) is 3.14. The number of hydrogen-bond donors (Lipinski definition) is 1. The van der Waals surface area contributed by atoms with Crippen LogP contribution in [0.2, 0.25) is 0 Å². The van der Waals surface area contributed by atoms with E-state index in [4.69, 9.17) is 17.0 Å². The van der Waals surface area contributed by atoms with Crippen molar-refractivity contribution in [3.63, 3.8) is 0 Å². The van der Waals surface area contributed by atoms with Gasteiger partial charge in [0.05, 0.1) is 23.6 Å². The van der Waals surface area contributed by atoms with E-state index in [0.717, 1.165) is 12.1 Å². The van der Waals surface area contributed by atoms with E-state index < -0.39 is 23.8 Å². The Balaban J connectivity index is 1.69. The van der Waals surface area contributed by atoms with Crippen molar-refractivity contribution in [3.8, 4) is 0 Å². The molecule has 2 saturated heterocycles. The molecule has 2 aliphatic rings. The molecule has 0 saturated carbocycles. The smallest absolute Gasteiger partial charge is 0.243 e. The maximum Gasteiger partial charge on any atom is 0.243 e. The highest BCUT2D eigenvalue weighted by Crippen LogP contribution is 2.28. The van der Waals surface area contributed by atoms with E-state index in [1.54, 1.807) is 9.80 Å². The fraction of sp³-hybridized carbons (Fsp3) is 0.591. The van der Waals surface area contributed by atoms with E-state index in [2.05, 4.69) is 9.83 Å². The van der Waals surface area contributed by atoms with Gasteiger partial charge in [0.15, 0.2) is 11.6 Å². The number of alkyl halides is 1. The lowest BCUT2D eigenvalue weighted by atomic mass is 10.1. The monoisotopic (exact) mass is 464 g/mol. The van der Waals surface area contributed by atoms with Crippen molar-refractivity contribution >= 4 is 22.9 Å². The number of ether oxygens (including phenoxy) is 1. The average molecular weight is 464 g/mol. The molecule has 0 radical (unpaired) electrons. The summed E-state index contributed by atoms with van der Waals surface area (Å²) in [5.74, 6) is -2.01. The first kappa shape index (κ1) is 23.3. The van der Waals surface area contributed by atoms with Gasteiger partial charge >= 0.3 is 0 Å². The maximum atomic E-state index is 14.1. The molecule has 33 heavy (non-hydrogen) atoms. The van der Waals surface area contributed by atoms with Gasteiger partial charge in [0.25, 0.3) is 0 Å². The summed E-state index contributed by atoms with van der Waals surface area (Å²) < 4.78 is 48.9. The molecule has 0 spiro atoms. The molecular formula is C22H27F3N6O2. The van der Waals surface area contributed by atoms with Crippen molar-refractivity contribution < 1.29 is 22.7 Å². The molecule has 2 aliphatic heterocycles. The SMILES string of the molecule is [C-]#[N+]CCN(C(=O)Cn1c(N2CC[C@@H](F)[C@H](N)C2)nc2cc(F)c(F)cc21)C1CCOCC1. The zero-order valence-corrected chi connectivity index (χ0v) is 18.2. The standard InChI is InChI=1S/C22H27F3N6O2/c1-27-5-7-30(14-3-8-33-9-4-14)21(32)13-31-20-11-17(25)16(24)10-19(20)28-22(31)29-6-2-15(23)18(26)12-29/h10-11,14-15,18H,2-9,12-13,26H2/t15-,18-/m1/s1. The van der Waals surface area contributed by atoms with E-state index in [-0.39, 0.29) is 55.6 Å². The molecule has 2 aromatic rings. The summed E-state index contributed by atoms with van der Waals surface area (Å²) in [6.07, 6.45) is 0.383. The second-order valence-electron chi connectivity index (χ2n) is 8.48. The van der Waals surface area contributed by atoms with Crippen LogP contribution in [0.15, 0.2) is 12.1 Å². The number of nitrogens with zero attached hydrogens (tertiary/aromatic N) is 5. The minimum absolute atomic E-state index is 0.0591. The van der Waals surface area contributed by atoms with Crippen LogP contribution >= 0.6 is 0 Å². The molecule has 2 fully saturated rings. The number of nitrogens with two attached hydrogens (primary N) is 1. The van der Waals surface area contributed by atoms with Gasteiger partial charge in [-0.25, -0.2) is 24.7 Å². The van der Waals surface area contributed by atoms with Crippen LogP contribution in [0, 0.1) is 18.2 Å². The lowest BCUT2D eigenvalue weighted by Crippen LogP contribution is -2.51. The minimum atomic E-state index is -1.15. The molecule has 2 atom stereocenters. The molecule has 0 unspecified atom stereocenters. The van der Waals surface area contributed by atoms with Crippen LogP contribution in [0.25, 0.3) is 15.9 Å². The normalized spacial score (nSPS) is 21.8. The Labute approximate surface area is 189 Å². The number of benzene rings is 1. The highest BCUT2D eigenvalue weighted by Gasteiger charge is 2.32. The summed E-state index contributed by atoms with van der Waals surface area (Å²) in [7, 11) is 0. The summed E-state index contributed by atoms with van der Waals surface area (Å²) in [6, 6.07) is 1.23. The molecule has 0 bridgehead atoms. The van der Waals surface area contributed by atoms with Gasteiger partial charge in [0, 0.05) is 44.5 Å². The van der Waals surface area contributed by atoms with Crippen LogP contribution in [0.3, 0.4) is 0 Å². The molecule has 4 rings (SSSR count). The van der Waals surface area contributed by atoms with Crippen LogP contribution in [0.4, 0.5) is 19.1 Å². The number of amides is 1. The van der Waals surface area contributed by atoms with Gasteiger partial charge in [-0.1, -0.05) is 0 Å². The summed E-state index contributed by atoms with van der Waals surface area (Å²) in [5.41, 5.74) is 6.38. The quantitative estimate of drug-likeness (QED) is 0.663. The number of fused-ring (bicyclic) bond motifs is 1. The lowest BCUT2D eigenvalue weighted by molar-refractivity contribution is -0.135. The fourth-order valence-corrected chi connectivity index (χ4v) is 4.53. The largest absolute Gasteiger partial charge is 0.381 e. The van der Waals surface area contributed by atoms with Gasteiger partial charge in [0.2, 0.25) is 18.4 Å². The lowest BCUT2D eigenvalue weighted by Gasteiger charge is -2.35. The predicted octanol–water partition coefficient (Wildman–Crippen LogP) is 2.12. The van der Waals surface area contributed by atoms with Crippen LogP contribution < -0.4 is 10.6 Å². The van der Waals surface area contributed by atoms with Crippen molar-refractivity contribution in [2.45, 2.75) is 44.1 Å². The van der Waals surface area contributed by atoms with Crippen molar-refractivity contribution in [2.75, 3.05) is 44.3 Å². The van der Waals surface area contributed by atoms with Gasteiger partial charge < -0.3 is 29.7 Å². The Bertz CT molecular complexity index is 1050. The molecule has 1 aromatic carbocycles. The van der Waals surface area contributed by atoms with E-state index in [9.17, 15) is 18.0 Å². The predicted molar refractivity (Wildman–Crippen MR) is 116 cm³/mol. The molecule has 2 N–H and O–H groups in total. The van der Waals surface area contributed by atoms with E-state index in [0.29, 0.717) is 38.5 Å². The molecule has 1 aromatic heterocycles. The molecule has 0 aliphatic carbocycles. The highest BCUT2D eigenvalue weighted by atomic mass is 19.2. The topological polar surface area (TPSA) is 81.0 Å². The molecule has 3 heterocycles. The summed E-state index contributed by atoms with van der Waals surface area (Å²) >= 11 is 0. The van der Waals surface area contributed by atoms with E-state index in [1.165, 1.54) is 4.57 Å². The number of halogens is 3. The number of aromatic nitrogens is 2. The van der Waals surface area contributed by atoms with Crippen LogP contribution in [-0.4, -0.2) is 78.0 Å². The van der Waals surface area contributed by atoms with Gasteiger partial charge in [-0.2, -0.15) is 0 Å². The van der Waals surface area contributed by atoms with Crippen molar-refractivity contribution in [1.29, 1.82) is 0 Å². The number of anilines is 1. The zero-order valence-electron chi connectivity index (χ0n) is 18.2. The highest BCUT2D eigenvalue weighted by molar-refractivity contribution is 5.83. The van der Waals surface area contributed by atoms with Crippen molar-refractivity contribution in [3.05, 3.63) is 35.2 Å². The number of rotatable bonds is 6. The Morgan fingerprint density at radius 2 is 2.00 bits per heavy atom. The van der Waals surface area contributed by atoms with Crippen LogP contribution in [-0.2, 0) is 16.1 Å². The summed E-state index contributed by atoms with van der Waals surface area (Å²) in [5, 5.41) is 0. The fourth-order valence-electron chi connectivity index (χ4n) is 4.53.